The van der Waals surface area contributed by atoms with Crippen LogP contribution in [0.5, 0.6) is 0 Å². The summed E-state index contributed by atoms with van der Waals surface area (Å²) in [5.41, 5.74) is 11.7. The van der Waals surface area contributed by atoms with Gasteiger partial charge in [0.05, 0.1) is 31.3 Å². The van der Waals surface area contributed by atoms with E-state index in [1.54, 1.807) is 24.3 Å². The van der Waals surface area contributed by atoms with Gasteiger partial charge in [0.25, 0.3) is 0 Å². The predicted octanol–water partition coefficient (Wildman–Crippen LogP) is -0.0637. The van der Waals surface area contributed by atoms with Crippen LogP contribution in [0.15, 0.2) is 29.2 Å². The molecule has 0 saturated carbocycles. The summed E-state index contributed by atoms with van der Waals surface area (Å²) in [4.78, 5) is 0.265. The average Bonchev–Trinajstić information content (AvgIpc) is 2.53. The van der Waals surface area contributed by atoms with Gasteiger partial charge in [-0.05, 0) is 19.1 Å². The van der Waals surface area contributed by atoms with E-state index in [9.17, 15) is 8.42 Å². The molecule has 0 heterocycles. The molecule has 1 aromatic rings. The van der Waals surface area contributed by atoms with E-state index in [4.69, 9.17) is 20.9 Å². The zero-order valence-corrected chi connectivity index (χ0v) is 14.4. The third-order valence-corrected chi connectivity index (χ3v) is 5.07. The minimum absolute atomic E-state index is 0.252. The lowest BCUT2D eigenvalue weighted by Gasteiger charge is -2.22. The fourth-order valence-electron chi connectivity index (χ4n) is 1.91. The molecule has 0 radical (unpaired) electrons. The summed E-state index contributed by atoms with van der Waals surface area (Å²) in [6.45, 7) is 4.62. The smallest absolute Gasteiger partial charge is 0.243 e. The number of hydrogen-bond donors (Lipinski definition) is 2. The van der Waals surface area contributed by atoms with Gasteiger partial charge in [-0.15, -0.1) is 0 Å². The number of sulfonamides is 1. The summed E-state index contributed by atoms with van der Waals surface area (Å²) in [6, 6.07) is 6.78. The Bertz CT molecular complexity index is 522. The van der Waals surface area contributed by atoms with Gasteiger partial charge in [0.2, 0.25) is 10.0 Å². The highest BCUT2D eigenvalue weighted by Gasteiger charge is 2.23. The monoisotopic (exact) mass is 345 g/mol. The molecule has 0 unspecified atom stereocenters. The van der Waals surface area contributed by atoms with Crippen LogP contribution in [0.1, 0.15) is 5.56 Å². The SMILES string of the molecule is Cc1ccc(S(=O)(=O)N(CCOCCN)CCOCCN)cc1. The van der Waals surface area contributed by atoms with Crippen LogP contribution in [0.3, 0.4) is 0 Å². The fourth-order valence-corrected chi connectivity index (χ4v) is 3.32. The first-order valence-corrected chi connectivity index (χ1v) is 9.09. The highest BCUT2D eigenvalue weighted by atomic mass is 32.2. The molecule has 0 aliphatic carbocycles. The molecule has 0 spiro atoms. The average molecular weight is 345 g/mol. The molecule has 8 heteroatoms. The van der Waals surface area contributed by atoms with Gasteiger partial charge in [-0.2, -0.15) is 4.31 Å². The zero-order chi connectivity index (χ0) is 17.1. The summed E-state index contributed by atoms with van der Waals surface area (Å²) in [5.74, 6) is 0. The van der Waals surface area contributed by atoms with E-state index in [0.29, 0.717) is 39.5 Å². The van der Waals surface area contributed by atoms with Gasteiger partial charge in [-0.1, -0.05) is 17.7 Å². The Morgan fingerprint density at radius 1 is 0.913 bits per heavy atom. The molecular formula is C15H27N3O4S. The third-order valence-electron chi connectivity index (χ3n) is 3.15. The van der Waals surface area contributed by atoms with Crippen molar-refractivity contribution in [3.8, 4) is 0 Å². The van der Waals surface area contributed by atoms with E-state index in [1.807, 2.05) is 6.92 Å². The Morgan fingerprint density at radius 3 is 1.83 bits per heavy atom. The van der Waals surface area contributed by atoms with Crippen LogP contribution in [-0.4, -0.2) is 65.3 Å². The largest absolute Gasteiger partial charge is 0.379 e. The molecule has 0 amide bonds. The topological polar surface area (TPSA) is 108 Å². The van der Waals surface area contributed by atoms with E-state index in [1.165, 1.54) is 4.31 Å². The number of rotatable bonds is 12. The first-order chi connectivity index (χ1) is 11.0. The highest BCUT2D eigenvalue weighted by Crippen LogP contribution is 2.16. The summed E-state index contributed by atoms with van der Waals surface area (Å²) in [6.07, 6.45) is 0. The van der Waals surface area contributed by atoms with Crippen LogP contribution in [0.4, 0.5) is 0 Å². The van der Waals surface area contributed by atoms with E-state index in [2.05, 4.69) is 0 Å². The van der Waals surface area contributed by atoms with E-state index >= 15 is 0 Å². The van der Waals surface area contributed by atoms with Crippen LogP contribution >= 0.6 is 0 Å². The lowest BCUT2D eigenvalue weighted by molar-refractivity contribution is 0.106. The van der Waals surface area contributed by atoms with Crippen molar-refractivity contribution in [2.75, 3.05) is 52.6 Å². The molecule has 0 aliphatic heterocycles. The number of nitrogens with zero attached hydrogens (tertiary/aromatic N) is 1. The van der Waals surface area contributed by atoms with Gasteiger partial charge < -0.3 is 20.9 Å². The minimum Gasteiger partial charge on any atom is -0.379 e. The van der Waals surface area contributed by atoms with Crippen LogP contribution in [0, 0.1) is 6.92 Å². The van der Waals surface area contributed by atoms with Crippen molar-refractivity contribution < 1.29 is 17.9 Å². The molecule has 0 atom stereocenters. The molecule has 132 valence electrons. The molecule has 0 aromatic heterocycles. The van der Waals surface area contributed by atoms with Crippen LogP contribution in [-0.2, 0) is 19.5 Å². The molecule has 1 aromatic carbocycles. The maximum Gasteiger partial charge on any atom is 0.243 e. The van der Waals surface area contributed by atoms with E-state index in [-0.39, 0.29) is 18.0 Å². The first kappa shape index (κ1) is 20.0. The number of aryl methyl sites for hydroxylation is 1. The Labute approximate surface area is 138 Å². The zero-order valence-electron chi connectivity index (χ0n) is 13.6. The quantitative estimate of drug-likeness (QED) is 0.514. The second-order valence-corrected chi connectivity index (χ2v) is 6.96. The maximum atomic E-state index is 12.7. The van der Waals surface area contributed by atoms with E-state index < -0.39 is 10.0 Å². The van der Waals surface area contributed by atoms with Gasteiger partial charge in [-0.25, -0.2) is 8.42 Å². The van der Waals surface area contributed by atoms with E-state index in [0.717, 1.165) is 5.56 Å². The highest BCUT2D eigenvalue weighted by molar-refractivity contribution is 7.89. The van der Waals surface area contributed by atoms with Crippen molar-refractivity contribution >= 4 is 10.0 Å². The number of benzene rings is 1. The van der Waals surface area contributed by atoms with Crippen molar-refractivity contribution in [1.82, 2.24) is 4.31 Å². The number of hydrogen-bond acceptors (Lipinski definition) is 6. The van der Waals surface area contributed by atoms with Gasteiger partial charge in [0, 0.05) is 26.2 Å². The van der Waals surface area contributed by atoms with Crippen molar-refractivity contribution in [1.29, 1.82) is 0 Å². The maximum absolute atomic E-state index is 12.7. The second kappa shape index (κ2) is 10.7. The summed E-state index contributed by atoms with van der Waals surface area (Å²) >= 11 is 0. The molecular weight excluding hydrogens is 318 g/mol. The van der Waals surface area contributed by atoms with Crippen LogP contribution < -0.4 is 11.5 Å². The molecule has 0 saturated heterocycles. The Kier molecular flexibility index (Phi) is 9.30. The summed E-state index contributed by atoms with van der Waals surface area (Å²) in [5, 5.41) is 0. The Morgan fingerprint density at radius 2 is 1.39 bits per heavy atom. The predicted molar refractivity (Wildman–Crippen MR) is 89.7 cm³/mol. The molecule has 0 bridgehead atoms. The molecule has 0 aliphatic rings. The van der Waals surface area contributed by atoms with Crippen LogP contribution in [0.25, 0.3) is 0 Å². The Hall–Kier alpha value is -1.03. The first-order valence-electron chi connectivity index (χ1n) is 7.65. The van der Waals surface area contributed by atoms with Gasteiger partial charge in [-0.3, -0.25) is 0 Å². The van der Waals surface area contributed by atoms with Gasteiger partial charge in [0.15, 0.2) is 0 Å². The molecule has 1 rings (SSSR count). The lowest BCUT2D eigenvalue weighted by atomic mass is 10.2. The molecule has 23 heavy (non-hydrogen) atoms. The molecule has 0 fully saturated rings. The lowest BCUT2D eigenvalue weighted by Crippen LogP contribution is -2.37. The number of nitrogens with two attached hydrogens (primary N) is 2. The normalized spacial score (nSPS) is 12.0. The van der Waals surface area contributed by atoms with Gasteiger partial charge >= 0.3 is 0 Å². The second-order valence-electron chi connectivity index (χ2n) is 5.02. The van der Waals surface area contributed by atoms with Crippen molar-refractivity contribution in [2.24, 2.45) is 11.5 Å². The van der Waals surface area contributed by atoms with Gasteiger partial charge in [0.1, 0.15) is 0 Å². The Balaban J connectivity index is 2.76. The van der Waals surface area contributed by atoms with Crippen LogP contribution in [0.2, 0.25) is 0 Å². The van der Waals surface area contributed by atoms with Crippen molar-refractivity contribution in [3.63, 3.8) is 0 Å². The minimum atomic E-state index is -3.58. The molecule has 4 N–H and O–H groups in total. The van der Waals surface area contributed by atoms with Crippen molar-refractivity contribution in [2.45, 2.75) is 11.8 Å². The summed E-state index contributed by atoms with van der Waals surface area (Å²) in [7, 11) is -3.58. The summed E-state index contributed by atoms with van der Waals surface area (Å²) < 4.78 is 37.4. The number of ether oxygens (including phenoxy) is 2. The third kappa shape index (κ3) is 6.94. The fraction of sp³-hybridized carbons (Fsp3) is 0.600. The van der Waals surface area contributed by atoms with Crippen molar-refractivity contribution in [3.05, 3.63) is 29.8 Å². The molecule has 7 nitrogen and oxygen atoms in total. The standard InChI is InChI=1S/C15H27N3O4S/c1-14-2-4-15(5-3-14)23(19,20)18(8-12-21-10-6-16)9-13-22-11-7-17/h2-5H,6-13,16-17H2,1H3.